The van der Waals surface area contributed by atoms with Crippen molar-refractivity contribution < 1.29 is 9.31 Å². The van der Waals surface area contributed by atoms with E-state index in [2.05, 4.69) is 4.98 Å². The lowest BCUT2D eigenvalue weighted by Gasteiger charge is -2.09. The van der Waals surface area contributed by atoms with Gasteiger partial charge in [0.1, 0.15) is 5.82 Å². The van der Waals surface area contributed by atoms with Crippen molar-refractivity contribution in [2.24, 2.45) is 7.05 Å². The molecule has 0 fully saturated rings. The smallest absolute Gasteiger partial charge is 0.276 e. The number of nitro benzene ring substituents is 1. The highest BCUT2D eigenvalue weighted by Gasteiger charge is 2.19. The first-order valence-corrected chi connectivity index (χ1v) is 7.98. The van der Waals surface area contributed by atoms with Crippen molar-refractivity contribution in [1.82, 2.24) is 9.55 Å². The summed E-state index contributed by atoms with van der Waals surface area (Å²) >= 11 is 1.08. The van der Waals surface area contributed by atoms with E-state index in [0.29, 0.717) is 16.1 Å². The zero-order valence-electron chi connectivity index (χ0n) is 12.6. The third kappa shape index (κ3) is 2.88. The molecule has 1 heterocycles. The molecular weight excluding hydrogens is 333 g/mol. The van der Waals surface area contributed by atoms with Gasteiger partial charge in [-0.25, -0.2) is 9.37 Å². The standard InChI is InChI=1S/C16H12FN3O3S/c1-19-15(21)10-5-2-3-7-13(10)18-16(19)24-9-11-12(17)6-4-8-14(11)20(22)23/h2-8H,9H2,1H3. The fraction of sp³-hybridized carbons (Fsp3) is 0.125. The van der Waals surface area contributed by atoms with Crippen molar-refractivity contribution in [2.45, 2.75) is 10.9 Å². The number of rotatable bonds is 4. The maximum absolute atomic E-state index is 13.9. The minimum absolute atomic E-state index is 0.00159. The minimum Gasteiger partial charge on any atom is -0.290 e. The van der Waals surface area contributed by atoms with Crippen LogP contribution in [0.3, 0.4) is 0 Å². The van der Waals surface area contributed by atoms with Gasteiger partial charge in [-0.05, 0) is 18.2 Å². The Bertz CT molecular complexity index is 1000. The summed E-state index contributed by atoms with van der Waals surface area (Å²) in [6, 6.07) is 10.6. The third-order valence-electron chi connectivity index (χ3n) is 3.58. The number of aromatic nitrogens is 2. The zero-order chi connectivity index (χ0) is 17.3. The SMILES string of the molecule is Cn1c(SCc2c(F)cccc2[N+](=O)[O-])nc2ccccc2c1=O. The van der Waals surface area contributed by atoms with Crippen LogP contribution < -0.4 is 5.56 Å². The van der Waals surface area contributed by atoms with E-state index in [1.54, 1.807) is 31.3 Å². The Morgan fingerprint density at radius 3 is 2.75 bits per heavy atom. The maximum Gasteiger partial charge on any atom is 0.276 e. The number of halogens is 1. The molecule has 0 aliphatic rings. The van der Waals surface area contributed by atoms with Crippen molar-refractivity contribution in [3.05, 3.63) is 74.3 Å². The second kappa shape index (κ2) is 6.40. The van der Waals surface area contributed by atoms with E-state index >= 15 is 0 Å². The molecule has 0 radical (unpaired) electrons. The summed E-state index contributed by atoms with van der Waals surface area (Å²) in [6.45, 7) is 0. The molecule has 0 aliphatic heterocycles. The number of hydrogen-bond donors (Lipinski definition) is 0. The number of benzene rings is 2. The van der Waals surface area contributed by atoms with Gasteiger partial charge in [-0.1, -0.05) is 30.0 Å². The summed E-state index contributed by atoms with van der Waals surface area (Å²) in [7, 11) is 1.57. The zero-order valence-corrected chi connectivity index (χ0v) is 13.4. The van der Waals surface area contributed by atoms with E-state index in [0.717, 1.165) is 11.8 Å². The molecule has 0 aliphatic carbocycles. The number of hydrogen-bond acceptors (Lipinski definition) is 5. The predicted octanol–water partition coefficient (Wildman–Crippen LogP) is 3.27. The highest BCUT2D eigenvalue weighted by Crippen LogP contribution is 2.29. The molecule has 0 unspecified atom stereocenters. The van der Waals surface area contributed by atoms with Crippen LogP contribution in [0.4, 0.5) is 10.1 Å². The Hall–Kier alpha value is -2.74. The molecule has 3 rings (SSSR count). The van der Waals surface area contributed by atoms with Gasteiger partial charge >= 0.3 is 0 Å². The van der Waals surface area contributed by atoms with Crippen LogP contribution in [0.15, 0.2) is 52.4 Å². The van der Waals surface area contributed by atoms with Gasteiger partial charge in [0.25, 0.3) is 11.2 Å². The first-order chi connectivity index (χ1) is 11.5. The van der Waals surface area contributed by atoms with E-state index in [9.17, 15) is 19.3 Å². The second-order valence-corrected chi connectivity index (χ2v) is 6.00. The lowest BCUT2D eigenvalue weighted by molar-refractivity contribution is -0.385. The van der Waals surface area contributed by atoms with E-state index in [4.69, 9.17) is 0 Å². The lowest BCUT2D eigenvalue weighted by atomic mass is 10.2. The molecule has 6 nitrogen and oxygen atoms in total. The van der Waals surface area contributed by atoms with Crippen molar-refractivity contribution in [1.29, 1.82) is 0 Å². The van der Waals surface area contributed by atoms with Gasteiger partial charge in [0.2, 0.25) is 0 Å². The summed E-state index contributed by atoms with van der Waals surface area (Å²) < 4.78 is 15.3. The van der Waals surface area contributed by atoms with Gasteiger partial charge in [0.05, 0.1) is 21.4 Å². The summed E-state index contributed by atoms with van der Waals surface area (Å²) in [5.41, 5.74) is 0.0143. The van der Waals surface area contributed by atoms with Crippen LogP contribution in [0.5, 0.6) is 0 Å². The molecule has 0 N–H and O–H groups in total. The molecule has 0 saturated heterocycles. The molecule has 24 heavy (non-hydrogen) atoms. The summed E-state index contributed by atoms with van der Waals surface area (Å²) in [4.78, 5) is 27.1. The molecule has 122 valence electrons. The van der Waals surface area contributed by atoms with Crippen LogP contribution in [-0.2, 0) is 12.8 Å². The highest BCUT2D eigenvalue weighted by atomic mass is 32.2. The summed E-state index contributed by atoms with van der Waals surface area (Å²) in [6.07, 6.45) is 0. The Morgan fingerprint density at radius 2 is 2.00 bits per heavy atom. The van der Waals surface area contributed by atoms with Gasteiger partial charge in [-0.2, -0.15) is 0 Å². The van der Waals surface area contributed by atoms with Crippen molar-refractivity contribution >= 4 is 28.4 Å². The average molecular weight is 345 g/mol. The monoisotopic (exact) mass is 345 g/mol. The first-order valence-electron chi connectivity index (χ1n) is 6.99. The van der Waals surface area contributed by atoms with Crippen LogP contribution in [0.2, 0.25) is 0 Å². The van der Waals surface area contributed by atoms with Crippen molar-refractivity contribution in [2.75, 3.05) is 0 Å². The van der Waals surface area contributed by atoms with Crippen LogP contribution >= 0.6 is 11.8 Å². The van der Waals surface area contributed by atoms with Gasteiger partial charge in [-0.3, -0.25) is 19.5 Å². The molecule has 0 atom stereocenters. The molecular formula is C16H12FN3O3S. The maximum atomic E-state index is 13.9. The third-order valence-corrected chi connectivity index (χ3v) is 4.63. The number of thioether (sulfide) groups is 1. The van der Waals surface area contributed by atoms with E-state index in [-0.39, 0.29) is 22.6 Å². The second-order valence-electron chi connectivity index (χ2n) is 5.06. The van der Waals surface area contributed by atoms with Crippen LogP contribution in [0.25, 0.3) is 10.9 Å². The van der Waals surface area contributed by atoms with Crippen LogP contribution in [0, 0.1) is 15.9 Å². The molecule has 0 amide bonds. The van der Waals surface area contributed by atoms with Gasteiger partial charge < -0.3 is 0 Å². The molecule has 0 bridgehead atoms. The topological polar surface area (TPSA) is 78.0 Å². The largest absolute Gasteiger partial charge is 0.290 e. The predicted molar refractivity (Wildman–Crippen MR) is 89.6 cm³/mol. The lowest BCUT2D eigenvalue weighted by Crippen LogP contribution is -2.20. The molecule has 0 saturated carbocycles. The number of para-hydroxylation sites is 1. The van der Waals surface area contributed by atoms with Crippen molar-refractivity contribution in [3.8, 4) is 0 Å². The van der Waals surface area contributed by atoms with Gasteiger partial charge in [-0.15, -0.1) is 0 Å². The first kappa shape index (κ1) is 16.1. The minimum atomic E-state index is -0.650. The average Bonchev–Trinajstić information content (AvgIpc) is 2.57. The fourth-order valence-corrected chi connectivity index (χ4v) is 3.32. The van der Waals surface area contributed by atoms with Gasteiger partial charge in [0.15, 0.2) is 5.16 Å². The Labute approximate surface area is 140 Å². The highest BCUT2D eigenvalue weighted by molar-refractivity contribution is 7.98. The van der Waals surface area contributed by atoms with Crippen LogP contribution in [0.1, 0.15) is 5.56 Å². The molecule has 0 spiro atoms. The van der Waals surface area contributed by atoms with E-state index in [1.807, 2.05) is 0 Å². The van der Waals surface area contributed by atoms with Crippen LogP contribution in [-0.4, -0.2) is 14.5 Å². The van der Waals surface area contributed by atoms with E-state index in [1.165, 1.54) is 22.8 Å². The Balaban J connectivity index is 1.99. The van der Waals surface area contributed by atoms with Crippen molar-refractivity contribution in [3.63, 3.8) is 0 Å². The van der Waals surface area contributed by atoms with Gasteiger partial charge in [0, 0.05) is 18.9 Å². The molecule has 2 aromatic carbocycles. The quantitative estimate of drug-likeness (QED) is 0.314. The summed E-state index contributed by atoms with van der Waals surface area (Å²) in [5, 5.41) is 11.9. The van der Waals surface area contributed by atoms with E-state index < -0.39 is 10.7 Å². The number of fused-ring (bicyclic) bond motifs is 1. The number of nitrogens with zero attached hydrogens (tertiary/aromatic N) is 3. The molecule has 1 aromatic heterocycles. The summed E-state index contributed by atoms with van der Waals surface area (Å²) in [5.74, 6) is -0.649. The number of nitro groups is 1. The molecule has 3 aromatic rings. The molecule has 8 heteroatoms. The normalized spacial score (nSPS) is 10.9. The Morgan fingerprint density at radius 1 is 1.25 bits per heavy atom. The fourth-order valence-electron chi connectivity index (χ4n) is 2.32. The Kier molecular flexibility index (Phi) is 4.30.